The molecule has 0 atom stereocenters. The number of hydrogen-bond acceptors (Lipinski definition) is 3. The molecule has 0 spiro atoms. The first-order chi connectivity index (χ1) is 10.8. The van der Waals surface area contributed by atoms with Crippen LogP contribution in [0.15, 0.2) is 59.5 Å². The van der Waals surface area contributed by atoms with Gasteiger partial charge >= 0.3 is 5.97 Å². The lowest BCUT2D eigenvalue weighted by atomic mass is 10.0. The Hall–Kier alpha value is -2.34. The van der Waals surface area contributed by atoms with Crippen molar-refractivity contribution in [2.75, 3.05) is 10.8 Å². The molecule has 0 saturated carbocycles. The van der Waals surface area contributed by atoms with Gasteiger partial charge in [0.25, 0.3) is 10.0 Å². The van der Waals surface area contributed by atoms with Gasteiger partial charge in [-0.2, -0.15) is 0 Å². The lowest BCUT2D eigenvalue weighted by molar-refractivity contribution is -0.135. The van der Waals surface area contributed by atoms with E-state index in [1.54, 1.807) is 30.3 Å². The molecule has 0 amide bonds. The van der Waals surface area contributed by atoms with E-state index in [2.05, 4.69) is 0 Å². The molecule has 5 nitrogen and oxygen atoms in total. The number of carbonyl (C=O) groups is 1. The van der Waals surface area contributed by atoms with Crippen molar-refractivity contribution in [3.05, 3.63) is 60.2 Å². The molecule has 1 N–H and O–H groups in total. The van der Waals surface area contributed by atoms with Gasteiger partial charge in [-0.15, -0.1) is 0 Å². The minimum atomic E-state index is -3.95. The number of carboxylic acids is 1. The maximum atomic E-state index is 12.9. The quantitative estimate of drug-likeness (QED) is 0.881. The van der Waals surface area contributed by atoms with Gasteiger partial charge in [-0.1, -0.05) is 50.2 Å². The number of para-hydroxylation sites is 1. The normalized spacial score (nSPS) is 11.4. The average molecular weight is 333 g/mol. The van der Waals surface area contributed by atoms with Crippen LogP contribution in [0.25, 0.3) is 0 Å². The molecule has 0 saturated heterocycles. The van der Waals surface area contributed by atoms with Crippen molar-refractivity contribution < 1.29 is 18.3 Å². The van der Waals surface area contributed by atoms with E-state index in [0.717, 1.165) is 9.87 Å². The van der Waals surface area contributed by atoms with Gasteiger partial charge in [0.1, 0.15) is 6.54 Å². The Morgan fingerprint density at radius 1 is 1.04 bits per heavy atom. The smallest absolute Gasteiger partial charge is 0.324 e. The molecule has 122 valence electrons. The van der Waals surface area contributed by atoms with E-state index >= 15 is 0 Å². The molecule has 2 rings (SSSR count). The fourth-order valence-corrected chi connectivity index (χ4v) is 3.81. The summed E-state index contributed by atoms with van der Waals surface area (Å²) in [6.07, 6.45) is 0. The first-order valence-electron chi connectivity index (χ1n) is 7.22. The van der Waals surface area contributed by atoms with Crippen LogP contribution in [0.1, 0.15) is 25.3 Å². The zero-order valence-electron chi connectivity index (χ0n) is 13.0. The third kappa shape index (κ3) is 3.71. The fourth-order valence-electron chi connectivity index (χ4n) is 2.35. The highest BCUT2D eigenvalue weighted by atomic mass is 32.2. The topological polar surface area (TPSA) is 74.7 Å². The van der Waals surface area contributed by atoms with Crippen molar-refractivity contribution in [2.24, 2.45) is 0 Å². The largest absolute Gasteiger partial charge is 0.480 e. The van der Waals surface area contributed by atoms with Crippen molar-refractivity contribution in [1.29, 1.82) is 0 Å². The summed E-state index contributed by atoms with van der Waals surface area (Å²) in [5.41, 5.74) is 1.18. The van der Waals surface area contributed by atoms with E-state index in [9.17, 15) is 18.3 Å². The molecule has 0 aliphatic rings. The summed E-state index contributed by atoms with van der Waals surface area (Å²) in [5.74, 6) is -1.14. The van der Waals surface area contributed by atoms with E-state index < -0.39 is 22.5 Å². The van der Waals surface area contributed by atoms with Crippen LogP contribution >= 0.6 is 0 Å². The number of sulfonamides is 1. The van der Waals surface area contributed by atoms with E-state index in [-0.39, 0.29) is 10.8 Å². The average Bonchev–Trinajstić information content (AvgIpc) is 2.53. The second kappa shape index (κ2) is 6.83. The molecular formula is C17H19NO4S. The molecule has 0 heterocycles. The summed E-state index contributed by atoms with van der Waals surface area (Å²) in [6, 6.07) is 14.8. The number of hydrogen-bond donors (Lipinski definition) is 1. The second-order valence-electron chi connectivity index (χ2n) is 5.43. The predicted molar refractivity (Wildman–Crippen MR) is 89.1 cm³/mol. The number of nitrogens with zero attached hydrogens (tertiary/aromatic N) is 1. The number of anilines is 1. The molecule has 6 heteroatoms. The van der Waals surface area contributed by atoms with E-state index in [1.807, 2.05) is 26.0 Å². The summed E-state index contributed by atoms with van der Waals surface area (Å²) >= 11 is 0. The summed E-state index contributed by atoms with van der Waals surface area (Å²) < 4.78 is 26.8. The second-order valence-corrected chi connectivity index (χ2v) is 7.29. The maximum absolute atomic E-state index is 12.9. The van der Waals surface area contributed by atoms with Gasteiger partial charge in [-0.3, -0.25) is 9.10 Å². The van der Waals surface area contributed by atoms with Gasteiger partial charge in [0.2, 0.25) is 0 Å². The summed E-state index contributed by atoms with van der Waals surface area (Å²) in [7, 11) is -3.95. The van der Waals surface area contributed by atoms with Crippen LogP contribution in [-0.2, 0) is 14.8 Å². The molecule has 0 unspecified atom stereocenters. The van der Waals surface area contributed by atoms with Crippen molar-refractivity contribution >= 4 is 21.7 Å². The van der Waals surface area contributed by atoms with Crippen LogP contribution in [0.5, 0.6) is 0 Å². The molecule has 2 aromatic carbocycles. The van der Waals surface area contributed by atoms with Crippen molar-refractivity contribution in [2.45, 2.75) is 24.7 Å². The zero-order valence-corrected chi connectivity index (χ0v) is 13.8. The Balaban J connectivity index is 2.62. The molecule has 0 aromatic heterocycles. The van der Waals surface area contributed by atoms with Crippen LogP contribution in [0, 0.1) is 0 Å². The third-order valence-corrected chi connectivity index (χ3v) is 5.21. The number of rotatable bonds is 6. The van der Waals surface area contributed by atoms with Crippen LogP contribution < -0.4 is 4.31 Å². The molecule has 0 fully saturated rings. The Bertz CT molecular complexity index is 785. The monoisotopic (exact) mass is 333 g/mol. The minimum absolute atomic E-state index is 0.0634. The fraction of sp³-hybridized carbons (Fsp3) is 0.235. The number of carboxylic acid groups (broad SMARTS) is 1. The van der Waals surface area contributed by atoms with Crippen LogP contribution in [-0.4, -0.2) is 26.0 Å². The van der Waals surface area contributed by atoms with Gasteiger partial charge in [-0.25, -0.2) is 8.42 Å². The highest BCUT2D eigenvalue weighted by molar-refractivity contribution is 7.92. The van der Waals surface area contributed by atoms with Crippen LogP contribution in [0.2, 0.25) is 0 Å². The highest BCUT2D eigenvalue weighted by Crippen LogP contribution is 2.31. The molecule has 0 aliphatic heterocycles. The van der Waals surface area contributed by atoms with Gasteiger partial charge in [0.05, 0.1) is 10.6 Å². The van der Waals surface area contributed by atoms with Gasteiger partial charge in [-0.05, 0) is 29.7 Å². The Kier molecular flexibility index (Phi) is 5.05. The number of benzene rings is 2. The van der Waals surface area contributed by atoms with Gasteiger partial charge in [0.15, 0.2) is 0 Å². The first-order valence-corrected chi connectivity index (χ1v) is 8.66. The lowest BCUT2D eigenvalue weighted by Gasteiger charge is -2.26. The highest BCUT2D eigenvalue weighted by Gasteiger charge is 2.28. The van der Waals surface area contributed by atoms with Crippen molar-refractivity contribution in [3.8, 4) is 0 Å². The minimum Gasteiger partial charge on any atom is -0.480 e. The molecule has 23 heavy (non-hydrogen) atoms. The first kappa shape index (κ1) is 17.0. The van der Waals surface area contributed by atoms with Gasteiger partial charge in [0, 0.05) is 0 Å². The maximum Gasteiger partial charge on any atom is 0.324 e. The standard InChI is InChI=1S/C17H19NO4S/c1-13(2)15-10-6-7-11-16(15)18(12-17(19)20)23(21,22)14-8-4-3-5-9-14/h3-11,13H,12H2,1-2H3,(H,19,20). The Morgan fingerprint density at radius 3 is 2.17 bits per heavy atom. The van der Waals surface area contributed by atoms with E-state index in [0.29, 0.717) is 5.69 Å². The van der Waals surface area contributed by atoms with E-state index in [4.69, 9.17) is 0 Å². The molecule has 0 radical (unpaired) electrons. The molecular weight excluding hydrogens is 314 g/mol. The van der Waals surface area contributed by atoms with Crippen molar-refractivity contribution in [3.63, 3.8) is 0 Å². The lowest BCUT2D eigenvalue weighted by Crippen LogP contribution is -2.36. The van der Waals surface area contributed by atoms with Crippen molar-refractivity contribution in [1.82, 2.24) is 0 Å². The third-order valence-electron chi connectivity index (χ3n) is 3.44. The van der Waals surface area contributed by atoms with Gasteiger partial charge < -0.3 is 5.11 Å². The Labute approximate surface area is 136 Å². The summed E-state index contributed by atoms with van der Waals surface area (Å²) in [4.78, 5) is 11.3. The van der Waals surface area contributed by atoms with Crippen LogP contribution in [0.4, 0.5) is 5.69 Å². The van der Waals surface area contributed by atoms with Crippen LogP contribution in [0.3, 0.4) is 0 Å². The van der Waals surface area contributed by atoms with E-state index in [1.165, 1.54) is 12.1 Å². The number of aliphatic carboxylic acids is 1. The Morgan fingerprint density at radius 2 is 1.61 bits per heavy atom. The summed E-state index contributed by atoms with van der Waals surface area (Å²) in [6.45, 7) is 3.25. The molecule has 0 bridgehead atoms. The molecule has 0 aliphatic carbocycles. The summed E-state index contributed by atoms with van der Waals surface area (Å²) in [5, 5.41) is 9.18. The zero-order chi connectivity index (χ0) is 17.0. The SMILES string of the molecule is CC(C)c1ccccc1N(CC(=O)O)S(=O)(=O)c1ccccc1. The molecule has 2 aromatic rings. The predicted octanol–water partition coefficient (Wildman–Crippen LogP) is 3.09.